The number of carbonyl (C=O) groups is 1. The highest BCUT2D eigenvalue weighted by atomic mass is 16.3. The molecular formula is C12H18NO2+. The lowest BCUT2D eigenvalue weighted by Crippen LogP contribution is -3.13. The van der Waals surface area contributed by atoms with Gasteiger partial charge in [-0.2, -0.15) is 0 Å². The van der Waals surface area contributed by atoms with Gasteiger partial charge in [-0.25, -0.2) is 0 Å². The van der Waals surface area contributed by atoms with Gasteiger partial charge in [0.2, 0.25) is 5.78 Å². The van der Waals surface area contributed by atoms with E-state index in [0.717, 1.165) is 6.42 Å². The van der Waals surface area contributed by atoms with Crippen LogP contribution in [0.5, 0.6) is 0 Å². The van der Waals surface area contributed by atoms with Crippen molar-refractivity contribution in [2.45, 2.75) is 31.7 Å². The topological polar surface area (TPSA) is 34.7 Å². The maximum Gasteiger partial charge on any atom is 0.203 e. The van der Waals surface area contributed by atoms with Crippen LogP contribution < -0.4 is 4.90 Å². The summed E-state index contributed by atoms with van der Waals surface area (Å²) in [6, 6.07) is 4.00. The second-order valence-electron chi connectivity index (χ2n) is 4.39. The lowest BCUT2D eigenvalue weighted by molar-refractivity contribution is -0.910. The van der Waals surface area contributed by atoms with Gasteiger partial charge in [-0.15, -0.1) is 0 Å². The molecule has 0 spiro atoms. The Labute approximate surface area is 90.1 Å². The molecule has 1 aromatic rings. The first kappa shape index (κ1) is 10.4. The van der Waals surface area contributed by atoms with E-state index in [4.69, 9.17) is 4.42 Å². The normalized spacial score (nSPS) is 26.5. The Bertz CT molecular complexity index is 318. The van der Waals surface area contributed by atoms with E-state index < -0.39 is 0 Å². The molecule has 15 heavy (non-hydrogen) atoms. The molecule has 1 fully saturated rings. The molecular weight excluding hydrogens is 190 g/mol. The number of nitrogens with one attached hydrogen (secondary N) is 1. The van der Waals surface area contributed by atoms with Crippen molar-refractivity contribution in [1.82, 2.24) is 0 Å². The average Bonchev–Trinajstić information content (AvgIpc) is 2.74. The molecule has 3 nitrogen and oxygen atoms in total. The molecule has 0 saturated carbocycles. The summed E-state index contributed by atoms with van der Waals surface area (Å²) in [6.07, 6.45) is 5.90. The monoisotopic (exact) mass is 208 g/mol. The van der Waals surface area contributed by atoms with Crippen LogP contribution in [-0.2, 0) is 0 Å². The summed E-state index contributed by atoms with van der Waals surface area (Å²) in [4.78, 5) is 13.3. The van der Waals surface area contributed by atoms with Gasteiger partial charge >= 0.3 is 0 Å². The van der Waals surface area contributed by atoms with Gasteiger partial charge < -0.3 is 9.32 Å². The Morgan fingerprint density at radius 2 is 2.47 bits per heavy atom. The molecule has 82 valence electrons. The van der Waals surface area contributed by atoms with Gasteiger partial charge in [0, 0.05) is 6.42 Å². The zero-order valence-corrected chi connectivity index (χ0v) is 9.16. The summed E-state index contributed by atoms with van der Waals surface area (Å²) < 4.78 is 5.11. The third-order valence-electron chi connectivity index (χ3n) is 3.30. The van der Waals surface area contributed by atoms with Gasteiger partial charge in [-0.3, -0.25) is 4.79 Å². The second-order valence-corrected chi connectivity index (χ2v) is 4.39. The van der Waals surface area contributed by atoms with E-state index in [1.807, 2.05) is 0 Å². The van der Waals surface area contributed by atoms with Gasteiger partial charge in [0.25, 0.3) is 0 Å². The zero-order valence-electron chi connectivity index (χ0n) is 9.16. The number of piperidine rings is 1. The Hall–Kier alpha value is -1.09. The van der Waals surface area contributed by atoms with Crippen LogP contribution in [0.1, 0.15) is 36.2 Å². The molecule has 0 bridgehead atoms. The lowest BCUT2D eigenvalue weighted by atomic mass is 9.97. The van der Waals surface area contributed by atoms with Crippen LogP contribution in [0.15, 0.2) is 22.8 Å². The molecule has 3 heteroatoms. The number of ketones is 1. The SMILES string of the molecule is C[NH+]1CCCCC1CC(=O)c1ccco1. The predicted molar refractivity (Wildman–Crippen MR) is 57.0 cm³/mol. The van der Waals surface area contributed by atoms with E-state index in [1.54, 1.807) is 18.4 Å². The van der Waals surface area contributed by atoms with Crippen molar-refractivity contribution in [1.29, 1.82) is 0 Å². The van der Waals surface area contributed by atoms with Crippen molar-refractivity contribution < 1.29 is 14.1 Å². The quantitative estimate of drug-likeness (QED) is 0.750. The highest BCUT2D eigenvalue weighted by Gasteiger charge is 2.26. The summed E-state index contributed by atoms with van der Waals surface area (Å²) in [5, 5.41) is 0. The van der Waals surface area contributed by atoms with Crippen LogP contribution in [0.25, 0.3) is 0 Å². The summed E-state index contributed by atoms with van der Waals surface area (Å²) in [7, 11) is 2.18. The number of Topliss-reactive ketones (excluding diaryl/α,β-unsaturated/α-hetero) is 1. The minimum Gasteiger partial charge on any atom is -0.461 e. The largest absolute Gasteiger partial charge is 0.461 e. The number of carbonyl (C=O) groups excluding carboxylic acids is 1. The van der Waals surface area contributed by atoms with Crippen molar-refractivity contribution in [3.05, 3.63) is 24.2 Å². The molecule has 2 unspecified atom stereocenters. The summed E-state index contributed by atoms with van der Waals surface area (Å²) >= 11 is 0. The van der Waals surface area contributed by atoms with Gasteiger partial charge in [-0.1, -0.05) is 0 Å². The third-order valence-corrected chi connectivity index (χ3v) is 3.30. The molecule has 0 aliphatic carbocycles. The first-order valence-corrected chi connectivity index (χ1v) is 5.66. The fourth-order valence-corrected chi connectivity index (χ4v) is 2.28. The van der Waals surface area contributed by atoms with Crippen LogP contribution in [0.2, 0.25) is 0 Å². The van der Waals surface area contributed by atoms with Crippen molar-refractivity contribution in [3.8, 4) is 0 Å². The molecule has 2 atom stereocenters. The van der Waals surface area contributed by atoms with E-state index in [9.17, 15) is 4.79 Å². The van der Waals surface area contributed by atoms with Crippen LogP contribution in [0.3, 0.4) is 0 Å². The summed E-state index contributed by atoms with van der Waals surface area (Å²) in [5.41, 5.74) is 0. The Morgan fingerprint density at radius 1 is 1.60 bits per heavy atom. The third kappa shape index (κ3) is 2.48. The molecule has 2 rings (SSSR count). The zero-order chi connectivity index (χ0) is 10.7. The number of hydrogen-bond donors (Lipinski definition) is 1. The molecule has 1 N–H and O–H groups in total. The van der Waals surface area contributed by atoms with E-state index in [0.29, 0.717) is 18.2 Å². The summed E-state index contributed by atoms with van der Waals surface area (Å²) in [5.74, 6) is 0.652. The lowest BCUT2D eigenvalue weighted by Gasteiger charge is -2.28. The molecule has 0 radical (unpaired) electrons. The molecule has 1 aliphatic heterocycles. The van der Waals surface area contributed by atoms with Gasteiger partial charge in [0.15, 0.2) is 5.76 Å². The first-order valence-electron chi connectivity index (χ1n) is 5.66. The standard InChI is InChI=1S/C12H17NO2/c1-13-7-3-2-5-10(13)9-11(14)12-6-4-8-15-12/h4,6,8,10H,2-3,5,7,9H2,1H3/p+1. The van der Waals surface area contributed by atoms with Crippen LogP contribution in [0, 0.1) is 0 Å². The van der Waals surface area contributed by atoms with Crippen molar-refractivity contribution in [3.63, 3.8) is 0 Å². The fraction of sp³-hybridized carbons (Fsp3) is 0.583. The van der Waals surface area contributed by atoms with E-state index in [1.165, 1.54) is 24.3 Å². The van der Waals surface area contributed by atoms with E-state index in [2.05, 4.69) is 7.05 Å². The van der Waals surface area contributed by atoms with Crippen molar-refractivity contribution in [2.75, 3.05) is 13.6 Å². The Morgan fingerprint density at radius 3 is 3.13 bits per heavy atom. The minimum atomic E-state index is 0.145. The number of hydrogen-bond acceptors (Lipinski definition) is 2. The Kier molecular flexibility index (Phi) is 3.21. The van der Waals surface area contributed by atoms with Crippen molar-refractivity contribution >= 4 is 5.78 Å². The number of rotatable bonds is 3. The van der Waals surface area contributed by atoms with E-state index >= 15 is 0 Å². The molecule has 1 aromatic heterocycles. The number of likely N-dealkylation sites (tertiary alicyclic amines) is 1. The van der Waals surface area contributed by atoms with Gasteiger partial charge in [0.05, 0.1) is 32.3 Å². The second kappa shape index (κ2) is 4.62. The predicted octanol–water partition coefficient (Wildman–Crippen LogP) is 0.920. The molecule has 1 saturated heterocycles. The smallest absolute Gasteiger partial charge is 0.203 e. The minimum absolute atomic E-state index is 0.145. The Balaban J connectivity index is 1.93. The summed E-state index contributed by atoms with van der Waals surface area (Å²) in [6.45, 7) is 1.19. The van der Waals surface area contributed by atoms with Crippen LogP contribution in [0.4, 0.5) is 0 Å². The van der Waals surface area contributed by atoms with Crippen molar-refractivity contribution in [2.24, 2.45) is 0 Å². The highest BCUT2D eigenvalue weighted by molar-refractivity contribution is 5.93. The van der Waals surface area contributed by atoms with Crippen LogP contribution in [-0.4, -0.2) is 25.4 Å². The van der Waals surface area contributed by atoms with Gasteiger partial charge in [0.1, 0.15) is 0 Å². The first-order chi connectivity index (χ1) is 7.27. The van der Waals surface area contributed by atoms with E-state index in [-0.39, 0.29) is 5.78 Å². The molecule has 0 aromatic carbocycles. The van der Waals surface area contributed by atoms with Crippen LogP contribution >= 0.6 is 0 Å². The molecule has 0 amide bonds. The molecule has 1 aliphatic rings. The van der Waals surface area contributed by atoms with Gasteiger partial charge in [-0.05, 0) is 25.0 Å². The fourth-order valence-electron chi connectivity index (χ4n) is 2.28. The maximum absolute atomic E-state index is 11.8. The number of quaternary nitrogens is 1. The highest BCUT2D eigenvalue weighted by Crippen LogP contribution is 2.10. The average molecular weight is 208 g/mol. The molecule has 2 heterocycles. The number of furan rings is 1. The maximum atomic E-state index is 11.8.